The van der Waals surface area contributed by atoms with Crippen LogP contribution in [0.2, 0.25) is 0 Å². The minimum atomic E-state index is -4.37. The Labute approximate surface area is 92.1 Å². The lowest BCUT2D eigenvalue weighted by atomic mass is 10.1. The van der Waals surface area contributed by atoms with E-state index in [0.29, 0.717) is 0 Å². The maximum atomic E-state index is 12.8. The highest BCUT2D eigenvalue weighted by Gasteiger charge is 2.41. The van der Waals surface area contributed by atoms with Crippen LogP contribution in [0.3, 0.4) is 0 Å². The van der Waals surface area contributed by atoms with Crippen molar-refractivity contribution in [2.75, 3.05) is 6.61 Å². The van der Waals surface area contributed by atoms with Crippen molar-refractivity contribution in [3.63, 3.8) is 0 Å². The zero-order valence-electron chi connectivity index (χ0n) is 8.83. The second-order valence-corrected chi connectivity index (χ2v) is 3.64. The molecule has 0 amide bonds. The molecule has 0 fully saturated rings. The van der Waals surface area contributed by atoms with Crippen molar-refractivity contribution in [1.82, 2.24) is 5.32 Å². The smallest absolute Gasteiger partial charge is 0.395 e. The number of rotatable bonds is 4. The lowest BCUT2D eigenvalue weighted by molar-refractivity contribution is -0.160. The number of hydrogen-bond acceptors (Lipinski definition) is 2. The van der Waals surface area contributed by atoms with Gasteiger partial charge in [-0.2, -0.15) is 13.2 Å². The SMILES string of the molecule is C[C@H](CO)N[C@@H](c1ccccc1)C(F)(F)F. The predicted octanol–water partition coefficient (Wildman–Crippen LogP) is 2.26. The summed E-state index contributed by atoms with van der Waals surface area (Å²) in [6.45, 7) is 1.17. The molecule has 2 atom stereocenters. The second-order valence-electron chi connectivity index (χ2n) is 3.64. The molecule has 1 rings (SSSR count). The fourth-order valence-electron chi connectivity index (χ4n) is 1.36. The molecular weight excluding hydrogens is 219 g/mol. The third-order valence-corrected chi connectivity index (χ3v) is 2.19. The monoisotopic (exact) mass is 233 g/mol. The fourth-order valence-corrected chi connectivity index (χ4v) is 1.36. The number of halogens is 3. The first-order chi connectivity index (χ1) is 7.45. The summed E-state index contributed by atoms with van der Waals surface area (Å²) >= 11 is 0. The Balaban J connectivity index is 2.89. The van der Waals surface area contributed by atoms with E-state index in [1.54, 1.807) is 18.2 Å². The summed E-state index contributed by atoms with van der Waals surface area (Å²) < 4.78 is 38.3. The predicted molar refractivity (Wildman–Crippen MR) is 54.9 cm³/mol. The van der Waals surface area contributed by atoms with Gasteiger partial charge < -0.3 is 5.11 Å². The lowest BCUT2D eigenvalue weighted by Gasteiger charge is -2.25. The zero-order valence-corrected chi connectivity index (χ0v) is 8.83. The van der Waals surface area contributed by atoms with E-state index in [1.165, 1.54) is 19.1 Å². The average Bonchev–Trinajstić information content (AvgIpc) is 2.25. The molecule has 0 saturated carbocycles. The van der Waals surface area contributed by atoms with Crippen molar-refractivity contribution in [2.24, 2.45) is 0 Å². The molecule has 2 N–H and O–H groups in total. The number of alkyl halides is 3. The van der Waals surface area contributed by atoms with Crippen LogP contribution in [0, 0.1) is 0 Å². The molecule has 0 aromatic heterocycles. The van der Waals surface area contributed by atoms with E-state index in [9.17, 15) is 13.2 Å². The van der Waals surface area contributed by atoms with Gasteiger partial charge in [-0.25, -0.2) is 0 Å². The Hall–Kier alpha value is -1.07. The van der Waals surface area contributed by atoms with Crippen LogP contribution in [-0.2, 0) is 0 Å². The number of nitrogens with one attached hydrogen (secondary N) is 1. The molecule has 5 heteroatoms. The lowest BCUT2D eigenvalue weighted by Crippen LogP contribution is -2.40. The van der Waals surface area contributed by atoms with Gasteiger partial charge in [0.2, 0.25) is 0 Å². The first-order valence-electron chi connectivity index (χ1n) is 4.93. The molecule has 16 heavy (non-hydrogen) atoms. The summed E-state index contributed by atoms with van der Waals surface area (Å²) in [6, 6.07) is 5.25. The Morgan fingerprint density at radius 1 is 1.25 bits per heavy atom. The molecule has 0 saturated heterocycles. The quantitative estimate of drug-likeness (QED) is 0.836. The summed E-state index contributed by atoms with van der Waals surface area (Å²) in [5.74, 6) is 0. The van der Waals surface area contributed by atoms with Gasteiger partial charge >= 0.3 is 6.18 Å². The van der Waals surface area contributed by atoms with E-state index in [4.69, 9.17) is 5.11 Å². The second kappa shape index (κ2) is 5.32. The van der Waals surface area contributed by atoms with E-state index >= 15 is 0 Å². The van der Waals surface area contributed by atoms with Crippen molar-refractivity contribution in [3.8, 4) is 0 Å². The molecule has 1 aromatic rings. The maximum absolute atomic E-state index is 12.8. The fraction of sp³-hybridized carbons (Fsp3) is 0.455. The Morgan fingerprint density at radius 3 is 2.25 bits per heavy atom. The Kier molecular flexibility index (Phi) is 4.32. The normalized spacial score (nSPS) is 15.8. The summed E-state index contributed by atoms with van der Waals surface area (Å²) in [7, 11) is 0. The highest BCUT2D eigenvalue weighted by molar-refractivity contribution is 5.20. The molecule has 0 radical (unpaired) electrons. The van der Waals surface area contributed by atoms with Gasteiger partial charge in [0, 0.05) is 6.04 Å². The Bertz CT molecular complexity index is 313. The van der Waals surface area contributed by atoms with Crippen LogP contribution in [0.1, 0.15) is 18.5 Å². The zero-order chi connectivity index (χ0) is 12.2. The van der Waals surface area contributed by atoms with Crippen LogP contribution in [0.5, 0.6) is 0 Å². The van der Waals surface area contributed by atoms with E-state index in [1.807, 2.05) is 0 Å². The van der Waals surface area contributed by atoms with Crippen molar-refractivity contribution >= 4 is 0 Å². The summed E-state index contributed by atoms with van der Waals surface area (Å²) in [4.78, 5) is 0. The van der Waals surface area contributed by atoms with Gasteiger partial charge in [0.25, 0.3) is 0 Å². The van der Waals surface area contributed by atoms with Crippen molar-refractivity contribution in [3.05, 3.63) is 35.9 Å². The summed E-state index contributed by atoms with van der Waals surface area (Å²) in [6.07, 6.45) is -4.37. The van der Waals surface area contributed by atoms with Crippen molar-refractivity contribution in [2.45, 2.75) is 25.2 Å². The summed E-state index contributed by atoms with van der Waals surface area (Å²) in [5.41, 5.74) is 0.148. The molecule has 0 heterocycles. The molecule has 0 aliphatic carbocycles. The largest absolute Gasteiger partial charge is 0.407 e. The number of aliphatic hydroxyl groups excluding tert-OH is 1. The number of aliphatic hydroxyl groups is 1. The van der Waals surface area contributed by atoms with Crippen molar-refractivity contribution in [1.29, 1.82) is 0 Å². The first-order valence-corrected chi connectivity index (χ1v) is 4.93. The molecule has 2 nitrogen and oxygen atoms in total. The maximum Gasteiger partial charge on any atom is 0.407 e. The van der Waals surface area contributed by atoms with E-state index in [2.05, 4.69) is 5.32 Å². The average molecular weight is 233 g/mol. The van der Waals surface area contributed by atoms with E-state index in [0.717, 1.165) is 0 Å². The van der Waals surface area contributed by atoms with Crippen LogP contribution < -0.4 is 5.32 Å². The third kappa shape index (κ3) is 3.50. The Morgan fingerprint density at radius 2 is 1.81 bits per heavy atom. The van der Waals surface area contributed by atoms with Crippen molar-refractivity contribution < 1.29 is 18.3 Å². The highest BCUT2D eigenvalue weighted by atomic mass is 19.4. The van der Waals surface area contributed by atoms with Crippen LogP contribution in [0.15, 0.2) is 30.3 Å². The third-order valence-electron chi connectivity index (χ3n) is 2.19. The molecule has 0 bridgehead atoms. The number of benzene rings is 1. The molecule has 90 valence electrons. The molecule has 1 aromatic carbocycles. The minimum Gasteiger partial charge on any atom is -0.395 e. The molecular formula is C11H14F3NO. The van der Waals surface area contributed by atoms with Gasteiger partial charge in [0.15, 0.2) is 0 Å². The van der Waals surface area contributed by atoms with Crippen LogP contribution in [0.4, 0.5) is 13.2 Å². The number of hydrogen-bond donors (Lipinski definition) is 2. The van der Waals surface area contributed by atoms with Crippen LogP contribution in [-0.4, -0.2) is 23.9 Å². The van der Waals surface area contributed by atoms with Gasteiger partial charge in [-0.1, -0.05) is 30.3 Å². The van der Waals surface area contributed by atoms with Crippen LogP contribution >= 0.6 is 0 Å². The highest BCUT2D eigenvalue weighted by Crippen LogP contribution is 2.32. The van der Waals surface area contributed by atoms with Gasteiger partial charge in [-0.3, -0.25) is 5.32 Å². The first kappa shape index (κ1) is 13.0. The summed E-state index contributed by atoms with van der Waals surface area (Å²) in [5, 5.41) is 11.1. The van der Waals surface area contributed by atoms with Gasteiger partial charge in [-0.05, 0) is 12.5 Å². The molecule has 0 aliphatic rings. The van der Waals surface area contributed by atoms with E-state index < -0.39 is 18.3 Å². The van der Waals surface area contributed by atoms with Crippen LogP contribution in [0.25, 0.3) is 0 Å². The molecule has 0 unspecified atom stereocenters. The van der Waals surface area contributed by atoms with Gasteiger partial charge in [-0.15, -0.1) is 0 Å². The van der Waals surface area contributed by atoms with E-state index in [-0.39, 0.29) is 12.2 Å². The molecule has 0 aliphatic heterocycles. The molecule has 0 spiro atoms. The van der Waals surface area contributed by atoms with Gasteiger partial charge in [0.05, 0.1) is 6.61 Å². The topological polar surface area (TPSA) is 32.3 Å². The standard InChI is InChI=1S/C11H14F3NO/c1-8(7-16)15-10(11(12,13)14)9-5-3-2-4-6-9/h2-6,8,10,15-16H,7H2,1H3/t8-,10+/m1/s1. The minimum absolute atomic E-state index is 0.148. The van der Waals surface area contributed by atoms with Gasteiger partial charge in [0.1, 0.15) is 6.04 Å².